The number of aliphatic hydroxyl groups is 1. The smallest absolute Gasteiger partial charge is 0.224 e. The first-order valence-electron chi connectivity index (χ1n) is 5.85. The van der Waals surface area contributed by atoms with Gasteiger partial charge in [-0.2, -0.15) is 4.98 Å². The molecule has 0 fully saturated rings. The van der Waals surface area contributed by atoms with Crippen LogP contribution in [0.2, 0.25) is 5.02 Å². The number of aliphatic hydroxyl groups excluding tert-OH is 1. The van der Waals surface area contributed by atoms with Gasteiger partial charge in [-0.1, -0.05) is 18.5 Å². The third-order valence-corrected chi connectivity index (χ3v) is 2.60. The number of nitrogens with zero attached hydrogens (tertiary/aromatic N) is 2. The fourth-order valence-electron chi connectivity index (χ4n) is 1.30. The van der Waals surface area contributed by atoms with E-state index in [-0.39, 0.29) is 6.10 Å². The molecule has 0 saturated carbocycles. The van der Waals surface area contributed by atoms with Crippen LogP contribution in [0.1, 0.15) is 26.7 Å². The van der Waals surface area contributed by atoms with Crippen LogP contribution >= 0.6 is 11.6 Å². The van der Waals surface area contributed by atoms with Gasteiger partial charge in [0.15, 0.2) is 0 Å². The minimum Gasteiger partial charge on any atom is -0.393 e. The van der Waals surface area contributed by atoms with Crippen molar-refractivity contribution in [3.63, 3.8) is 0 Å². The molecular formula is C11H19ClN4O. The average molecular weight is 259 g/mol. The Balaban J connectivity index is 2.54. The van der Waals surface area contributed by atoms with Gasteiger partial charge < -0.3 is 15.7 Å². The summed E-state index contributed by atoms with van der Waals surface area (Å²) in [5.41, 5.74) is 0. The van der Waals surface area contributed by atoms with Gasteiger partial charge >= 0.3 is 0 Å². The fraction of sp³-hybridized carbons (Fsp3) is 0.636. The van der Waals surface area contributed by atoms with Gasteiger partial charge in [-0.25, -0.2) is 4.98 Å². The zero-order chi connectivity index (χ0) is 12.7. The molecule has 0 aromatic carbocycles. The zero-order valence-corrected chi connectivity index (χ0v) is 11.0. The van der Waals surface area contributed by atoms with Gasteiger partial charge in [-0.15, -0.1) is 0 Å². The van der Waals surface area contributed by atoms with Gasteiger partial charge in [0.2, 0.25) is 5.95 Å². The number of hydrogen-bond acceptors (Lipinski definition) is 5. The van der Waals surface area contributed by atoms with E-state index < -0.39 is 0 Å². The van der Waals surface area contributed by atoms with E-state index in [9.17, 15) is 5.11 Å². The lowest BCUT2D eigenvalue weighted by Gasteiger charge is -2.11. The highest BCUT2D eigenvalue weighted by molar-refractivity contribution is 6.32. The number of nitrogens with one attached hydrogen (secondary N) is 2. The third-order valence-electron chi connectivity index (χ3n) is 2.32. The van der Waals surface area contributed by atoms with Crippen molar-refractivity contribution in [3.8, 4) is 0 Å². The van der Waals surface area contributed by atoms with E-state index in [0.29, 0.717) is 29.8 Å². The van der Waals surface area contributed by atoms with Crippen LogP contribution < -0.4 is 10.6 Å². The van der Waals surface area contributed by atoms with Gasteiger partial charge in [-0.3, -0.25) is 0 Å². The lowest BCUT2D eigenvalue weighted by molar-refractivity contribution is 0.164. The topological polar surface area (TPSA) is 70.1 Å². The first-order chi connectivity index (χ1) is 8.17. The molecule has 6 heteroatoms. The third kappa shape index (κ3) is 4.75. The predicted octanol–water partition coefficient (Wildman–Crippen LogP) is 2.13. The van der Waals surface area contributed by atoms with Crippen molar-refractivity contribution < 1.29 is 5.11 Å². The quantitative estimate of drug-likeness (QED) is 0.699. The van der Waals surface area contributed by atoms with Crippen LogP contribution in [0.5, 0.6) is 0 Å². The van der Waals surface area contributed by atoms with E-state index in [0.717, 1.165) is 13.0 Å². The molecular weight excluding hydrogens is 240 g/mol. The summed E-state index contributed by atoms with van der Waals surface area (Å²) in [7, 11) is 0. The standard InChI is InChI=1S/C11H19ClN4O/c1-3-8(17)5-6-14-10-9(12)7-15-11(16-10)13-4-2/h7-8,17H,3-6H2,1-2H3,(H2,13,14,15,16). The summed E-state index contributed by atoms with van der Waals surface area (Å²) in [6.07, 6.45) is 2.71. The van der Waals surface area contributed by atoms with Crippen molar-refractivity contribution in [2.75, 3.05) is 23.7 Å². The predicted molar refractivity (Wildman–Crippen MR) is 70.6 cm³/mol. The molecule has 1 aromatic heterocycles. The molecule has 0 radical (unpaired) electrons. The van der Waals surface area contributed by atoms with E-state index in [2.05, 4.69) is 20.6 Å². The second kappa shape index (κ2) is 7.29. The lowest BCUT2D eigenvalue weighted by atomic mass is 10.2. The highest BCUT2D eigenvalue weighted by Crippen LogP contribution is 2.19. The van der Waals surface area contributed by atoms with Crippen molar-refractivity contribution in [1.29, 1.82) is 0 Å². The van der Waals surface area contributed by atoms with E-state index in [4.69, 9.17) is 11.6 Å². The van der Waals surface area contributed by atoms with Gasteiger partial charge in [-0.05, 0) is 19.8 Å². The second-order valence-electron chi connectivity index (χ2n) is 3.70. The minimum atomic E-state index is -0.281. The molecule has 1 aromatic rings. The average Bonchev–Trinajstić information content (AvgIpc) is 2.33. The highest BCUT2D eigenvalue weighted by atomic mass is 35.5. The Morgan fingerprint density at radius 3 is 2.82 bits per heavy atom. The molecule has 0 saturated heterocycles. The minimum absolute atomic E-state index is 0.281. The van der Waals surface area contributed by atoms with E-state index >= 15 is 0 Å². The molecule has 3 N–H and O–H groups in total. The van der Waals surface area contributed by atoms with Crippen LogP contribution in [-0.4, -0.2) is 34.3 Å². The molecule has 0 spiro atoms. The van der Waals surface area contributed by atoms with Gasteiger partial charge in [0.25, 0.3) is 0 Å². The summed E-state index contributed by atoms with van der Waals surface area (Å²) < 4.78 is 0. The maximum absolute atomic E-state index is 9.43. The summed E-state index contributed by atoms with van der Waals surface area (Å²) in [6.45, 7) is 5.32. The van der Waals surface area contributed by atoms with Crippen molar-refractivity contribution >= 4 is 23.4 Å². The Kier molecular flexibility index (Phi) is 6.00. The van der Waals surface area contributed by atoms with Crippen LogP contribution in [-0.2, 0) is 0 Å². The Morgan fingerprint density at radius 1 is 1.41 bits per heavy atom. The molecule has 96 valence electrons. The Morgan fingerprint density at radius 2 is 2.18 bits per heavy atom. The van der Waals surface area contributed by atoms with Crippen LogP contribution in [0, 0.1) is 0 Å². The lowest BCUT2D eigenvalue weighted by Crippen LogP contribution is -2.14. The summed E-state index contributed by atoms with van der Waals surface area (Å²) in [5.74, 6) is 1.15. The summed E-state index contributed by atoms with van der Waals surface area (Å²) in [6, 6.07) is 0. The number of anilines is 2. The number of hydrogen-bond donors (Lipinski definition) is 3. The van der Waals surface area contributed by atoms with Crippen molar-refractivity contribution in [2.45, 2.75) is 32.8 Å². The van der Waals surface area contributed by atoms with Crippen LogP contribution in [0.25, 0.3) is 0 Å². The van der Waals surface area contributed by atoms with Crippen molar-refractivity contribution in [2.24, 2.45) is 0 Å². The molecule has 0 aliphatic carbocycles. The first-order valence-corrected chi connectivity index (χ1v) is 6.23. The van der Waals surface area contributed by atoms with Gasteiger partial charge in [0.1, 0.15) is 10.8 Å². The zero-order valence-electron chi connectivity index (χ0n) is 10.2. The van der Waals surface area contributed by atoms with Crippen molar-refractivity contribution in [1.82, 2.24) is 9.97 Å². The summed E-state index contributed by atoms with van der Waals surface area (Å²) >= 11 is 5.97. The summed E-state index contributed by atoms with van der Waals surface area (Å²) in [5, 5.41) is 16.0. The normalized spacial score (nSPS) is 12.2. The molecule has 1 unspecified atom stereocenters. The number of halogens is 1. The summed E-state index contributed by atoms with van der Waals surface area (Å²) in [4.78, 5) is 8.28. The molecule has 17 heavy (non-hydrogen) atoms. The molecule has 0 aliphatic rings. The maximum atomic E-state index is 9.43. The molecule has 1 rings (SSSR count). The molecule has 1 atom stereocenters. The van der Waals surface area contributed by atoms with Crippen LogP contribution in [0.15, 0.2) is 6.20 Å². The maximum Gasteiger partial charge on any atom is 0.224 e. The monoisotopic (exact) mass is 258 g/mol. The molecule has 0 bridgehead atoms. The van der Waals surface area contributed by atoms with E-state index in [1.54, 1.807) is 6.20 Å². The van der Waals surface area contributed by atoms with Gasteiger partial charge in [0.05, 0.1) is 12.3 Å². The van der Waals surface area contributed by atoms with E-state index in [1.807, 2.05) is 13.8 Å². The second-order valence-corrected chi connectivity index (χ2v) is 4.11. The van der Waals surface area contributed by atoms with Crippen LogP contribution in [0.4, 0.5) is 11.8 Å². The molecule has 0 aliphatic heterocycles. The Hall–Kier alpha value is -1.07. The van der Waals surface area contributed by atoms with Gasteiger partial charge in [0, 0.05) is 13.1 Å². The molecule has 5 nitrogen and oxygen atoms in total. The van der Waals surface area contributed by atoms with Crippen molar-refractivity contribution in [3.05, 3.63) is 11.2 Å². The Labute approximate surface area is 107 Å². The Bertz CT molecular complexity index is 348. The fourth-order valence-corrected chi connectivity index (χ4v) is 1.45. The molecule has 1 heterocycles. The number of aromatic nitrogens is 2. The van der Waals surface area contributed by atoms with E-state index in [1.165, 1.54) is 0 Å². The number of rotatable bonds is 7. The molecule has 0 amide bonds. The highest BCUT2D eigenvalue weighted by Gasteiger charge is 2.05. The SMILES string of the molecule is CCNc1ncc(Cl)c(NCCC(O)CC)n1. The first kappa shape index (κ1) is 14.0. The van der Waals surface area contributed by atoms with Crippen LogP contribution in [0.3, 0.4) is 0 Å². The largest absolute Gasteiger partial charge is 0.393 e.